The van der Waals surface area contributed by atoms with E-state index in [1.165, 1.54) is 0 Å². The second kappa shape index (κ2) is 9.18. The largest absolute Gasteiger partial charge is 0.497 e. The summed E-state index contributed by atoms with van der Waals surface area (Å²) in [6.45, 7) is 1.07. The molecule has 0 saturated carbocycles. The van der Waals surface area contributed by atoms with Crippen LogP contribution in [0.4, 0.5) is 0 Å². The number of nitrogens with zero attached hydrogens (tertiary/aromatic N) is 4. The van der Waals surface area contributed by atoms with Gasteiger partial charge in [0.1, 0.15) is 5.75 Å². The summed E-state index contributed by atoms with van der Waals surface area (Å²) in [6, 6.07) is 14.2. The van der Waals surface area contributed by atoms with E-state index in [1.807, 2.05) is 12.1 Å². The first-order valence-corrected chi connectivity index (χ1v) is 10.3. The van der Waals surface area contributed by atoms with Crippen LogP contribution >= 0.6 is 11.6 Å². The summed E-state index contributed by atoms with van der Waals surface area (Å²) in [4.78, 5) is 27.0. The Hall–Kier alpha value is -3.39. The van der Waals surface area contributed by atoms with Crippen LogP contribution in [0.5, 0.6) is 5.75 Å². The molecular formula is C22H22ClN5O3. The molecule has 0 atom stereocenters. The van der Waals surface area contributed by atoms with E-state index in [0.717, 1.165) is 5.69 Å². The Morgan fingerprint density at radius 3 is 2.58 bits per heavy atom. The van der Waals surface area contributed by atoms with E-state index in [2.05, 4.69) is 15.6 Å². The molecule has 0 aliphatic carbocycles. The van der Waals surface area contributed by atoms with Crippen LogP contribution in [0.1, 0.15) is 33.7 Å². The normalized spacial score (nSPS) is 14.3. The van der Waals surface area contributed by atoms with Crippen molar-refractivity contribution in [3.63, 3.8) is 0 Å². The SMILES string of the molecule is COc1cccc(C(=O)NC2CCN(C(=O)c3cn(-c4ccc(Cl)cc4)nn3)CC2)c1. The van der Waals surface area contributed by atoms with Crippen molar-refractivity contribution in [2.24, 2.45) is 0 Å². The number of hydrogen-bond donors (Lipinski definition) is 1. The molecule has 2 amide bonds. The Morgan fingerprint density at radius 2 is 1.87 bits per heavy atom. The minimum atomic E-state index is -0.169. The molecule has 1 aliphatic heterocycles. The molecule has 0 bridgehead atoms. The molecule has 3 aromatic rings. The molecule has 1 N–H and O–H groups in total. The molecule has 1 fully saturated rings. The number of ether oxygens (including phenoxy) is 1. The predicted molar refractivity (Wildman–Crippen MR) is 116 cm³/mol. The van der Waals surface area contributed by atoms with Crippen molar-refractivity contribution in [3.8, 4) is 11.4 Å². The number of methoxy groups -OCH3 is 1. The fraction of sp³-hybridized carbons (Fsp3) is 0.273. The summed E-state index contributed by atoms with van der Waals surface area (Å²) in [5.74, 6) is 0.326. The van der Waals surface area contributed by atoms with Gasteiger partial charge in [0.15, 0.2) is 5.69 Å². The van der Waals surface area contributed by atoms with Gasteiger partial charge >= 0.3 is 0 Å². The van der Waals surface area contributed by atoms with Gasteiger partial charge in [-0.15, -0.1) is 5.10 Å². The molecule has 2 heterocycles. The third-order valence-corrected chi connectivity index (χ3v) is 5.50. The van der Waals surface area contributed by atoms with Gasteiger partial charge in [-0.2, -0.15) is 0 Å². The summed E-state index contributed by atoms with van der Waals surface area (Å²) < 4.78 is 6.72. The van der Waals surface area contributed by atoms with Crippen LogP contribution in [0.3, 0.4) is 0 Å². The van der Waals surface area contributed by atoms with Crippen molar-refractivity contribution in [2.45, 2.75) is 18.9 Å². The molecular weight excluding hydrogens is 418 g/mol. The second-order valence-corrected chi connectivity index (χ2v) is 7.73. The molecule has 160 valence electrons. The zero-order valence-corrected chi connectivity index (χ0v) is 17.7. The maximum Gasteiger partial charge on any atom is 0.276 e. The van der Waals surface area contributed by atoms with Crippen molar-refractivity contribution in [2.75, 3.05) is 20.2 Å². The number of hydrogen-bond acceptors (Lipinski definition) is 5. The van der Waals surface area contributed by atoms with Crippen LogP contribution in [0.25, 0.3) is 5.69 Å². The van der Waals surface area contributed by atoms with E-state index < -0.39 is 0 Å². The molecule has 1 saturated heterocycles. The quantitative estimate of drug-likeness (QED) is 0.660. The first-order valence-electron chi connectivity index (χ1n) is 9.96. The second-order valence-electron chi connectivity index (χ2n) is 7.30. The van der Waals surface area contributed by atoms with Gasteiger partial charge in [0.05, 0.1) is 19.0 Å². The molecule has 2 aromatic carbocycles. The number of rotatable bonds is 5. The fourth-order valence-corrected chi connectivity index (χ4v) is 3.63. The first-order chi connectivity index (χ1) is 15.0. The summed E-state index contributed by atoms with van der Waals surface area (Å²) in [7, 11) is 1.57. The van der Waals surface area contributed by atoms with Crippen LogP contribution in [0.2, 0.25) is 5.02 Å². The van der Waals surface area contributed by atoms with E-state index in [9.17, 15) is 9.59 Å². The standard InChI is InChI=1S/C22H22ClN5O3/c1-31-19-4-2-3-15(13-19)21(29)24-17-9-11-27(12-10-17)22(30)20-14-28(26-25-20)18-7-5-16(23)6-8-18/h2-8,13-14,17H,9-12H2,1H3,(H,24,29). The topological polar surface area (TPSA) is 89.4 Å². The lowest BCUT2D eigenvalue weighted by Gasteiger charge is -2.31. The molecule has 1 aromatic heterocycles. The first kappa shape index (κ1) is 20.9. The van der Waals surface area contributed by atoms with Gasteiger partial charge in [0, 0.05) is 29.7 Å². The Balaban J connectivity index is 1.33. The van der Waals surface area contributed by atoms with E-state index >= 15 is 0 Å². The van der Waals surface area contributed by atoms with Crippen molar-refractivity contribution < 1.29 is 14.3 Å². The number of likely N-dealkylation sites (tertiary alicyclic amines) is 1. The third kappa shape index (κ3) is 4.86. The highest BCUT2D eigenvalue weighted by molar-refractivity contribution is 6.30. The average Bonchev–Trinajstić information content (AvgIpc) is 3.30. The minimum Gasteiger partial charge on any atom is -0.497 e. The highest BCUT2D eigenvalue weighted by Crippen LogP contribution is 2.17. The number of benzene rings is 2. The highest BCUT2D eigenvalue weighted by Gasteiger charge is 2.26. The number of carbonyl (C=O) groups excluding carboxylic acids is 2. The van der Waals surface area contributed by atoms with Crippen LogP contribution in [-0.2, 0) is 0 Å². The number of amides is 2. The van der Waals surface area contributed by atoms with Gasteiger partial charge in [-0.1, -0.05) is 22.9 Å². The predicted octanol–water partition coefficient (Wildman–Crippen LogP) is 2.96. The van der Waals surface area contributed by atoms with Crippen LogP contribution in [0.15, 0.2) is 54.7 Å². The third-order valence-electron chi connectivity index (χ3n) is 5.25. The van der Waals surface area contributed by atoms with Gasteiger partial charge in [0.25, 0.3) is 11.8 Å². The lowest BCUT2D eigenvalue weighted by molar-refractivity contribution is 0.0692. The van der Waals surface area contributed by atoms with E-state index in [-0.39, 0.29) is 23.6 Å². The van der Waals surface area contributed by atoms with Gasteiger partial charge in [-0.3, -0.25) is 9.59 Å². The van der Waals surface area contributed by atoms with Gasteiger partial charge in [0.2, 0.25) is 0 Å². The van der Waals surface area contributed by atoms with Crippen LogP contribution in [0, 0.1) is 0 Å². The van der Waals surface area contributed by atoms with Gasteiger partial charge < -0.3 is 15.0 Å². The minimum absolute atomic E-state index is 0.00695. The molecule has 0 unspecified atom stereocenters. The van der Waals surface area contributed by atoms with Gasteiger partial charge in [-0.05, 0) is 55.3 Å². The molecule has 0 spiro atoms. The molecule has 9 heteroatoms. The summed E-state index contributed by atoms with van der Waals surface area (Å²) >= 11 is 5.91. The Bertz CT molecular complexity index is 1070. The van der Waals surface area contributed by atoms with Crippen LogP contribution in [-0.4, -0.2) is 57.9 Å². The average molecular weight is 440 g/mol. The number of carbonyl (C=O) groups is 2. The van der Waals surface area contributed by atoms with Gasteiger partial charge in [-0.25, -0.2) is 4.68 Å². The van der Waals surface area contributed by atoms with E-state index in [1.54, 1.807) is 59.3 Å². The maximum absolute atomic E-state index is 12.8. The molecule has 8 nitrogen and oxygen atoms in total. The van der Waals surface area contributed by atoms with Crippen molar-refractivity contribution in [3.05, 3.63) is 71.0 Å². The molecule has 4 rings (SSSR count). The monoisotopic (exact) mass is 439 g/mol. The maximum atomic E-state index is 12.8. The fourth-order valence-electron chi connectivity index (χ4n) is 3.50. The molecule has 31 heavy (non-hydrogen) atoms. The number of nitrogens with one attached hydrogen (secondary N) is 1. The van der Waals surface area contributed by atoms with Crippen molar-refractivity contribution in [1.29, 1.82) is 0 Å². The van der Waals surface area contributed by atoms with Crippen molar-refractivity contribution >= 4 is 23.4 Å². The van der Waals surface area contributed by atoms with Crippen LogP contribution < -0.4 is 10.1 Å². The summed E-state index contributed by atoms with van der Waals surface area (Å²) in [6.07, 6.45) is 2.96. The molecule has 1 aliphatic rings. The Kier molecular flexibility index (Phi) is 6.18. The zero-order valence-electron chi connectivity index (χ0n) is 17.0. The van der Waals surface area contributed by atoms with E-state index in [4.69, 9.17) is 16.3 Å². The smallest absolute Gasteiger partial charge is 0.276 e. The number of piperidine rings is 1. The van der Waals surface area contributed by atoms with Crippen molar-refractivity contribution in [1.82, 2.24) is 25.2 Å². The number of halogens is 1. The number of aromatic nitrogens is 3. The highest BCUT2D eigenvalue weighted by atomic mass is 35.5. The lowest BCUT2D eigenvalue weighted by atomic mass is 10.0. The Labute approximate surface area is 184 Å². The summed E-state index contributed by atoms with van der Waals surface area (Å²) in [5.41, 5.74) is 1.61. The molecule has 0 radical (unpaired) electrons. The Morgan fingerprint density at radius 1 is 1.13 bits per heavy atom. The van der Waals surface area contributed by atoms with E-state index in [0.29, 0.717) is 42.3 Å². The zero-order chi connectivity index (χ0) is 21.8. The summed E-state index contributed by atoms with van der Waals surface area (Å²) in [5, 5.41) is 11.7. The lowest BCUT2D eigenvalue weighted by Crippen LogP contribution is -2.46.